The molecule has 1 saturated carbocycles. The lowest BCUT2D eigenvalue weighted by molar-refractivity contribution is -0.220. The molecule has 0 bridgehead atoms. The Labute approximate surface area is 369 Å². The van der Waals surface area contributed by atoms with Crippen LogP contribution in [0.15, 0.2) is 48.6 Å². The van der Waals surface area contributed by atoms with Crippen molar-refractivity contribution in [1.82, 2.24) is 0 Å². The predicted octanol–water partition coefficient (Wildman–Crippen LogP) is 10.0. The van der Waals surface area contributed by atoms with E-state index in [-0.39, 0.29) is 13.0 Å². The predicted molar refractivity (Wildman–Crippen MR) is 244 cm³/mol. The Morgan fingerprint density at radius 2 is 0.967 bits per heavy atom. The summed E-state index contributed by atoms with van der Waals surface area (Å²) in [4.78, 5) is 23.1. The van der Waals surface area contributed by atoms with E-state index in [0.29, 0.717) is 13.0 Å². The molecule has 6 unspecified atom stereocenters. The lowest BCUT2D eigenvalue weighted by Crippen LogP contribution is -2.64. The summed E-state index contributed by atoms with van der Waals surface area (Å²) in [5.74, 6) is -0.481. The summed E-state index contributed by atoms with van der Waals surface area (Å²) in [6.07, 6.45) is 34.8. The highest BCUT2D eigenvalue weighted by atomic mass is 31.2. The molecule has 1 rings (SSSR count). The molecule has 6 atom stereocenters. The number of ether oxygens (including phenoxy) is 2. The van der Waals surface area contributed by atoms with Gasteiger partial charge in [0, 0.05) is 13.0 Å². The Kier molecular flexibility index (Phi) is 36.4. The summed E-state index contributed by atoms with van der Waals surface area (Å²) < 4.78 is 34.2. The minimum atomic E-state index is -5.01. The van der Waals surface area contributed by atoms with Crippen LogP contribution in [0.5, 0.6) is 0 Å². The van der Waals surface area contributed by atoms with Gasteiger partial charge in [-0.2, -0.15) is 0 Å². The van der Waals surface area contributed by atoms with Gasteiger partial charge in [-0.25, -0.2) is 4.57 Å². The summed E-state index contributed by atoms with van der Waals surface area (Å²) in [6.45, 7) is 4.12. The maximum atomic E-state index is 12.8. The first-order valence-electron chi connectivity index (χ1n) is 24.0. The van der Waals surface area contributed by atoms with Crippen molar-refractivity contribution >= 4 is 13.8 Å². The standard InChI is InChI=1S/C48H87O12P/c1-3-5-7-9-11-13-15-16-17-18-19-20-21-22-23-24-25-26-27-28-30-32-34-36-38-57-39-41(59-42(49)37-35-33-31-29-14-12-10-8-6-4-2)40-58-61(55,56)60-48-46(53)44(51)43(50)45(52)47(48)54/h5,7,11,13,16-17,19-20,41,43-48,50-54H,3-4,6,8-10,12,14-15,18,21-40H2,1-2H3,(H,55,56)/b7-5-,13-11-,17-16-,20-19-. The molecule has 13 heteroatoms. The van der Waals surface area contributed by atoms with Crippen LogP contribution in [-0.2, 0) is 27.9 Å². The molecule has 0 radical (unpaired) electrons. The van der Waals surface area contributed by atoms with Gasteiger partial charge >= 0.3 is 13.8 Å². The Morgan fingerprint density at radius 3 is 1.48 bits per heavy atom. The molecular weight excluding hydrogens is 799 g/mol. The second-order valence-electron chi connectivity index (χ2n) is 16.6. The first-order valence-corrected chi connectivity index (χ1v) is 25.5. The third-order valence-corrected chi connectivity index (χ3v) is 12.0. The van der Waals surface area contributed by atoms with E-state index >= 15 is 0 Å². The Balaban J connectivity index is 2.29. The summed E-state index contributed by atoms with van der Waals surface area (Å²) in [7, 11) is -5.01. The van der Waals surface area contributed by atoms with E-state index in [1.54, 1.807) is 0 Å². The second kappa shape index (κ2) is 38.7. The van der Waals surface area contributed by atoms with Crippen molar-refractivity contribution in [2.45, 2.75) is 230 Å². The first kappa shape index (κ1) is 57.3. The zero-order valence-corrected chi connectivity index (χ0v) is 38.8. The minimum absolute atomic E-state index is 0.0779. The van der Waals surface area contributed by atoms with Crippen LogP contribution in [0.2, 0.25) is 0 Å². The molecule has 0 heterocycles. The molecule has 61 heavy (non-hydrogen) atoms. The highest BCUT2D eigenvalue weighted by Gasteiger charge is 2.51. The lowest BCUT2D eigenvalue weighted by Gasteiger charge is -2.41. The molecule has 0 aromatic heterocycles. The average molecular weight is 887 g/mol. The number of aliphatic hydroxyl groups is 5. The maximum absolute atomic E-state index is 12.8. The monoisotopic (exact) mass is 887 g/mol. The largest absolute Gasteiger partial charge is 0.472 e. The van der Waals surface area contributed by atoms with Crippen molar-refractivity contribution in [3.8, 4) is 0 Å². The van der Waals surface area contributed by atoms with E-state index in [0.717, 1.165) is 70.6 Å². The Hall–Kier alpha value is -1.70. The van der Waals surface area contributed by atoms with Crippen molar-refractivity contribution in [2.75, 3.05) is 19.8 Å². The van der Waals surface area contributed by atoms with Crippen LogP contribution < -0.4 is 0 Å². The molecule has 1 aliphatic rings. The van der Waals surface area contributed by atoms with Crippen molar-refractivity contribution in [1.29, 1.82) is 0 Å². The first-order chi connectivity index (χ1) is 29.5. The zero-order chi connectivity index (χ0) is 44.8. The van der Waals surface area contributed by atoms with Gasteiger partial charge in [-0.05, 0) is 51.4 Å². The number of rotatable bonds is 40. The smallest absolute Gasteiger partial charge is 0.457 e. The van der Waals surface area contributed by atoms with Crippen LogP contribution in [0.4, 0.5) is 0 Å². The average Bonchev–Trinajstić information content (AvgIpc) is 3.24. The Morgan fingerprint density at radius 1 is 0.541 bits per heavy atom. The fourth-order valence-corrected chi connectivity index (χ4v) is 8.14. The summed E-state index contributed by atoms with van der Waals surface area (Å²) in [6, 6.07) is 0. The third-order valence-electron chi connectivity index (χ3n) is 11.0. The lowest BCUT2D eigenvalue weighted by atomic mass is 9.85. The van der Waals surface area contributed by atoms with E-state index < -0.39 is 63.1 Å². The van der Waals surface area contributed by atoms with E-state index in [2.05, 4.69) is 62.5 Å². The number of phosphoric ester groups is 1. The van der Waals surface area contributed by atoms with Crippen molar-refractivity contribution < 1.29 is 58.3 Å². The highest BCUT2D eigenvalue weighted by Crippen LogP contribution is 2.47. The molecule has 0 amide bonds. The van der Waals surface area contributed by atoms with Gasteiger partial charge in [0.25, 0.3) is 0 Å². The van der Waals surface area contributed by atoms with E-state index in [1.165, 1.54) is 89.9 Å². The summed E-state index contributed by atoms with van der Waals surface area (Å²) in [5, 5.41) is 50.1. The van der Waals surface area contributed by atoms with Gasteiger partial charge in [0.15, 0.2) is 0 Å². The maximum Gasteiger partial charge on any atom is 0.472 e. The van der Waals surface area contributed by atoms with E-state index in [4.69, 9.17) is 18.5 Å². The molecule has 0 aromatic rings. The molecule has 1 aliphatic carbocycles. The van der Waals surface area contributed by atoms with Gasteiger partial charge in [-0.3, -0.25) is 13.8 Å². The molecule has 0 saturated heterocycles. The highest BCUT2D eigenvalue weighted by molar-refractivity contribution is 7.47. The molecule has 0 spiro atoms. The van der Waals surface area contributed by atoms with Gasteiger partial charge in [0.2, 0.25) is 0 Å². The van der Waals surface area contributed by atoms with Gasteiger partial charge in [0.1, 0.15) is 42.7 Å². The topological polar surface area (TPSA) is 192 Å². The number of unbranched alkanes of at least 4 members (excludes halogenated alkanes) is 20. The van der Waals surface area contributed by atoms with Crippen LogP contribution in [0.25, 0.3) is 0 Å². The minimum Gasteiger partial charge on any atom is -0.457 e. The van der Waals surface area contributed by atoms with Crippen molar-refractivity contribution in [3.05, 3.63) is 48.6 Å². The number of carbonyl (C=O) groups is 1. The fraction of sp³-hybridized carbons (Fsp3) is 0.812. The van der Waals surface area contributed by atoms with E-state index in [9.17, 15) is 39.8 Å². The van der Waals surface area contributed by atoms with E-state index in [1.807, 2.05) is 0 Å². The molecule has 6 N–H and O–H groups in total. The van der Waals surface area contributed by atoms with Gasteiger partial charge in [-0.1, -0.05) is 178 Å². The fourth-order valence-electron chi connectivity index (χ4n) is 7.17. The number of hydrogen-bond donors (Lipinski definition) is 6. The summed E-state index contributed by atoms with van der Waals surface area (Å²) in [5.41, 5.74) is 0. The normalized spacial score (nSPS) is 22.6. The number of carbonyl (C=O) groups excluding carboxylic acids is 1. The van der Waals surface area contributed by atoms with Crippen LogP contribution >= 0.6 is 7.82 Å². The molecule has 356 valence electrons. The van der Waals surface area contributed by atoms with Crippen LogP contribution in [0.1, 0.15) is 187 Å². The molecule has 1 fully saturated rings. The number of hydrogen-bond acceptors (Lipinski definition) is 11. The Bertz CT molecular complexity index is 1190. The number of esters is 1. The zero-order valence-electron chi connectivity index (χ0n) is 38.0. The summed E-state index contributed by atoms with van der Waals surface area (Å²) >= 11 is 0. The van der Waals surface area contributed by atoms with Crippen LogP contribution in [0, 0.1) is 0 Å². The molecular formula is C48H87O12P. The second-order valence-corrected chi connectivity index (χ2v) is 18.0. The van der Waals surface area contributed by atoms with Crippen molar-refractivity contribution in [2.24, 2.45) is 0 Å². The van der Waals surface area contributed by atoms with Gasteiger partial charge < -0.3 is 39.9 Å². The number of phosphoric acid groups is 1. The van der Waals surface area contributed by atoms with Crippen molar-refractivity contribution in [3.63, 3.8) is 0 Å². The quantitative estimate of drug-likeness (QED) is 0.0148. The molecule has 12 nitrogen and oxygen atoms in total. The third kappa shape index (κ3) is 30.9. The SMILES string of the molecule is CC/C=C\C/C=C\C/C=C\C/C=C\CCCCCCCCCCCCCOCC(COP(=O)(O)OC1C(O)C(O)C(O)C(O)C1O)OC(=O)CCCCCCCCCCCC. The van der Waals surface area contributed by atoms with Gasteiger partial charge in [-0.15, -0.1) is 0 Å². The van der Waals surface area contributed by atoms with Crippen LogP contribution in [-0.4, -0.2) is 98.9 Å². The molecule has 0 aromatic carbocycles. The number of aliphatic hydroxyl groups excluding tert-OH is 5. The molecule has 0 aliphatic heterocycles. The number of allylic oxidation sites excluding steroid dienone is 8. The van der Waals surface area contributed by atoms with Crippen LogP contribution in [0.3, 0.4) is 0 Å². The van der Waals surface area contributed by atoms with Gasteiger partial charge in [0.05, 0.1) is 13.2 Å².